The molecular weight excluding hydrogens is 292 g/mol. The maximum atomic E-state index is 12.7. The fraction of sp³-hybridized carbons (Fsp3) is 0.211. The monoisotopic (exact) mass is 310 g/mol. The van der Waals surface area contributed by atoms with Crippen molar-refractivity contribution >= 4 is 11.4 Å². The highest BCUT2D eigenvalue weighted by Crippen LogP contribution is 2.42. The number of hydrogen-bond donors (Lipinski definition) is 1. The van der Waals surface area contributed by atoms with Gasteiger partial charge in [0, 0.05) is 22.8 Å². The van der Waals surface area contributed by atoms with E-state index >= 15 is 0 Å². The van der Waals surface area contributed by atoms with Crippen molar-refractivity contribution in [3.8, 4) is 17.2 Å². The molecule has 0 aliphatic carbocycles. The maximum absolute atomic E-state index is 12.7. The Balaban J connectivity index is 2.10. The molecule has 2 aromatic rings. The summed E-state index contributed by atoms with van der Waals surface area (Å²) in [5, 5.41) is 9.66. The summed E-state index contributed by atoms with van der Waals surface area (Å²) in [5.74, 6) is 1.27. The first-order valence-electron chi connectivity index (χ1n) is 7.30. The molecule has 0 amide bonds. The minimum atomic E-state index is -0.763. The van der Waals surface area contributed by atoms with Gasteiger partial charge in [-0.05, 0) is 43.2 Å². The molecule has 2 aromatic carbocycles. The molecule has 1 aliphatic heterocycles. The van der Waals surface area contributed by atoms with Gasteiger partial charge in [0.25, 0.3) is 0 Å². The smallest absolute Gasteiger partial charge is 0.208 e. The molecule has 4 nitrogen and oxygen atoms in total. The zero-order valence-corrected chi connectivity index (χ0v) is 13.3. The first-order valence-corrected chi connectivity index (χ1v) is 7.30. The molecule has 1 N–H and O–H groups in total. The van der Waals surface area contributed by atoms with E-state index in [0.29, 0.717) is 28.2 Å². The van der Waals surface area contributed by atoms with Crippen LogP contribution in [-0.4, -0.2) is 18.0 Å². The van der Waals surface area contributed by atoms with Crippen molar-refractivity contribution in [1.82, 2.24) is 0 Å². The summed E-state index contributed by atoms with van der Waals surface area (Å²) in [5.41, 5.74) is 3.43. The van der Waals surface area contributed by atoms with Crippen LogP contribution < -0.4 is 9.47 Å². The van der Waals surface area contributed by atoms with Crippen LogP contribution in [0.2, 0.25) is 0 Å². The predicted octanol–water partition coefficient (Wildman–Crippen LogP) is 3.73. The lowest BCUT2D eigenvalue weighted by Gasteiger charge is -2.28. The number of phenols is 1. The Morgan fingerprint density at radius 3 is 2.57 bits per heavy atom. The van der Waals surface area contributed by atoms with Gasteiger partial charge in [-0.15, -0.1) is 0 Å². The van der Waals surface area contributed by atoms with Gasteiger partial charge in [0.1, 0.15) is 17.2 Å². The summed E-state index contributed by atoms with van der Waals surface area (Å²) < 4.78 is 11.2. The van der Waals surface area contributed by atoms with E-state index < -0.39 is 6.10 Å². The standard InChI is InChI=1S/C19H18O4/c1-10-7-13(5-6-15(10)20)19-18(21)12(3)17-11(2)8-14(22-4)9-16(17)23-19/h5-9,19-20H,3H2,1-2,4H3. The number of fused-ring (bicyclic) bond motifs is 1. The Morgan fingerprint density at radius 2 is 1.91 bits per heavy atom. The highest BCUT2D eigenvalue weighted by atomic mass is 16.5. The summed E-state index contributed by atoms with van der Waals surface area (Å²) in [6, 6.07) is 8.63. The van der Waals surface area contributed by atoms with Crippen molar-refractivity contribution in [2.75, 3.05) is 7.11 Å². The number of ether oxygens (including phenoxy) is 2. The first-order chi connectivity index (χ1) is 10.9. The number of carbonyl (C=O) groups excluding carboxylic acids is 1. The molecule has 1 atom stereocenters. The molecule has 0 bridgehead atoms. The summed E-state index contributed by atoms with van der Waals surface area (Å²) in [6.07, 6.45) is -0.763. The Bertz CT molecular complexity index is 820. The molecule has 1 unspecified atom stereocenters. The number of ketones is 1. The van der Waals surface area contributed by atoms with Crippen molar-refractivity contribution in [2.45, 2.75) is 20.0 Å². The third-order valence-electron chi connectivity index (χ3n) is 4.11. The molecule has 23 heavy (non-hydrogen) atoms. The van der Waals surface area contributed by atoms with Crippen LogP contribution in [0.3, 0.4) is 0 Å². The molecule has 1 heterocycles. The lowest BCUT2D eigenvalue weighted by Crippen LogP contribution is -2.25. The normalized spacial score (nSPS) is 16.7. The van der Waals surface area contributed by atoms with Gasteiger partial charge in [-0.3, -0.25) is 4.79 Å². The quantitative estimate of drug-likeness (QED) is 0.859. The zero-order valence-electron chi connectivity index (χ0n) is 13.3. The molecule has 1 aliphatic rings. The number of methoxy groups -OCH3 is 1. The van der Waals surface area contributed by atoms with Crippen molar-refractivity contribution in [1.29, 1.82) is 0 Å². The number of benzene rings is 2. The van der Waals surface area contributed by atoms with Gasteiger partial charge in [0.2, 0.25) is 5.78 Å². The van der Waals surface area contributed by atoms with Crippen LogP contribution in [-0.2, 0) is 4.79 Å². The van der Waals surface area contributed by atoms with E-state index in [4.69, 9.17) is 9.47 Å². The predicted molar refractivity (Wildman–Crippen MR) is 88.0 cm³/mol. The van der Waals surface area contributed by atoms with E-state index in [0.717, 1.165) is 11.1 Å². The Kier molecular flexibility index (Phi) is 3.60. The van der Waals surface area contributed by atoms with Crippen LogP contribution in [0.5, 0.6) is 17.2 Å². The van der Waals surface area contributed by atoms with Gasteiger partial charge in [0.15, 0.2) is 6.10 Å². The van der Waals surface area contributed by atoms with Crippen LogP contribution in [0.15, 0.2) is 36.9 Å². The fourth-order valence-corrected chi connectivity index (χ4v) is 2.84. The number of aromatic hydroxyl groups is 1. The second kappa shape index (κ2) is 5.47. The molecule has 0 fully saturated rings. The zero-order chi connectivity index (χ0) is 16.7. The highest BCUT2D eigenvalue weighted by Gasteiger charge is 2.34. The van der Waals surface area contributed by atoms with Crippen LogP contribution in [0.4, 0.5) is 0 Å². The Morgan fingerprint density at radius 1 is 1.17 bits per heavy atom. The van der Waals surface area contributed by atoms with Crippen LogP contribution in [0.25, 0.3) is 5.57 Å². The summed E-state index contributed by atoms with van der Waals surface area (Å²) >= 11 is 0. The Labute approximate surface area is 135 Å². The largest absolute Gasteiger partial charge is 0.508 e. The van der Waals surface area contributed by atoms with E-state index in [1.165, 1.54) is 0 Å². The van der Waals surface area contributed by atoms with E-state index in [9.17, 15) is 9.90 Å². The topological polar surface area (TPSA) is 55.8 Å². The molecule has 0 saturated heterocycles. The van der Waals surface area contributed by atoms with E-state index in [1.54, 1.807) is 38.3 Å². The fourth-order valence-electron chi connectivity index (χ4n) is 2.84. The maximum Gasteiger partial charge on any atom is 0.208 e. The summed E-state index contributed by atoms with van der Waals surface area (Å²) in [7, 11) is 1.59. The number of carbonyl (C=O) groups is 1. The number of Topliss-reactive ketones (excluding diaryl/α,β-unsaturated/α-hetero) is 1. The third kappa shape index (κ3) is 2.46. The number of aryl methyl sites for hydroxylation is 2. The molecule has 0 aromatic heterocycles. The number of phenolic OH excluding ortho intramolecular Hbond substituents is 1. The molecule has 0 saturated carbocycles. The lowest BCUT2D eigenvalue weighted by molar-refractivity contribution is -0.121. The highest BCUT2D eigenvalue weighted by molar-refractivity contribution is 6.24. The van der Waals surface area contributed by atoms with E-state index in [2.05, 4.69) is 6.58 Å². The lowest BCUT2D eigenvalue weighted by atomic mass is 9.89. The van der Waals surface area contributed by atoms with Crippen molar-refractivity contribution in [3.63, 3.8) is 0 Å². The summed E-state index contributed by atoms with van der Waals surface area (Å²) in [4.78, 5) is 12.7. The van der Waals surface area contributed by atoms with Gasteiger partial charge >= 0.3 is 0 Å². The minimum absolute atomic E-state index is 0.171. The molecule has 118 valence electrons. The second-order valence-corrected chi connectivity index (χ2v) is 5.70. The van der Waals surface area contributed by atoms with Gasteiger partial charge in [-0.1, -0.05) is 12.6 Å². The average molecular weight is 310 g/mol. The van der Waals surface area contributed by atoms with Crippen LogP contribution >= 0.6 is 0 Å². The average Bonchev–Trinajstić information content (AvgIpc) is 2.52. The minimum Gasteiger partial charge on any atom is -0.508 e. The third-order valence-corrected chi connectivity index (χ3v) is 4.11. The molecule has 0 spiro atoms. The SMILES string of the molecule is C=C1C(=O)C(c2ccc(O)c(C)c2)Oc2cc(OC)cc(C)c21. The molecule has 4 heteroatoms. The second-order valence-electron chi connectivity index (χ2n) is 5.70. The molecule has 0 radical (unpaired) electrons. The van der Waals surface area contributed by atoms with Crippen molar-refractivity contribution in [2.24, 2.45) is 0 Å². The number of rotatable bonds is 2. The van der Waals surface area contributed by atoms with Gasteiger partial charge < -0.3 is 14.6 Å². The van der Waals surface area contributed by atoms with Gasteiger partial charge in [0.05, 0.1) is 7.11 Å². The van der Waals surface area contributed by atoms with Gasteiger partial charge in [-0.25, -0.2) is 0 Å². The van der Waals surface area contributed by atoms with Crippen molar-refractivity contribution in [3.05, 3.63) is 59.2 Å². The molecular formula is C19H18O4. The van der Waals surface area contributed by atoms with Crippen molar-refractivity contribution < 1.29 is 19.4 Å². The number of hydrogen-bond acceptors (Lipinski definition) is 4. The first kappa shape index (κ1) is 15.2. The van der Waals surface area contributed by atoms with E-state index in [-0.39, 0.29) is 11.5 Å². The van der Waals surface area contributed by atoms with Crippen LogP contribution in [0.1, 0.15) is 28.4 Å². The van der Waals surface area contributed by atoms with E-state index in [1.807, 2.05) is 13.0 Å². The summed E-state index contributed by atoms with van der Waals surface area (Å²) in [6.45, 7) is 7.63. The molecule has 3 rings (SSSR count). The van der Waals surface area contributed by atoms with Crippen LogP contribution in [0, 0.1) is 13.8 Å². The Hall–Kier alpha value is -2.75. The van der Waals surface area contributed by atoms with Gasteiger partial charge in [-0.2, -0.15) is 0 Å².